The molecule has 1 aromatic heterocycles. The Bertz CT molecular complexity index is 812. The van der Waals surface area contributed by atoms with Crippen LogP contribution >= 0.6 is 0 Å². The Labute approximate surface area is 147 Å². The van der Waals surface area contributed by atoms with Crippen LogP contribution in [-0.2, 0) is 17.8 Å². The van der Waals surface area contributed by atoms with E-state index in [0.717, 1.165) is 37.1 Å². The molecule has 2 N–H and O–H groups in total. The third kappa shape index (κ3) is 3.74. The van der Waals surface area contributed by atoms with E-state index in [1.165, 1.54) is 16.7 Å². The number of hydrogen-bond acceptors (Lipinski definition) is 3. The molecule has 128 valence electrons. The topological polar surface area (TPSA) is 54.3 Å². The zero-order valence-corrected chi connectivity index (χ0v) is 14.1. The van der Waals surface area contributed by atoms with Crippen LogP contribution in [-0.4, -0.2) is 18.5 Å². The highest BCUT2D eigenvalue weighted by molar-refractivity contribution is 5.84. The van der Waals surface area contributed by atoms with Crippen LogP contribution in [0.4, 0.5) is 0 Å². The molecule has 2 heterocycles. The summed E-state index contributed by atoms with van der Waals surface area (Å²) in [5.41, 5.74) is 4.81. The van der Waals surface area contributed by atoms with Gasteiger partial charge in [-0.1, -0.05) is 30.4 Å². The van der Waals surface area contributed by atoms with Crippen molar-refractivity contribution < 1.29 is 9.21 Å². The van der Waals surface area contributed by atoms with Gasteiger partial charge < -0.3 is 15.1 Å². The smallest absolute Gasteiger partial charge is 0.237 e. The van der Waals surface area contributed by atoms with Gasteiger partial charge in [0.15, 0.2) is 0 Å². The Hall–Kier alpha value is -2.59. The largest absolute Gasteiger partial charge is 0.469 e. The van der Waals surface area contributed by atoms with Gasteiger partial charge in [-0.25, -0.2) is 0 Å². The molecule has 0 bridgehead atoms. The highest BCUT2D eigenvalue weighted by atomic mass is 16.3. The van der Waals surface area contributed by atoms with Crippen molar-refractivity contribution in [3.8, 4) is 0 Å². The summed E-state index contributed by atoms with van der Waals surface area (Å²) in [4.78, 5) is 12.1. The molecule has 1 atom stereocenters. The Morgan fingerprint density at radius 1 is 1.24 bits per heavy atom. The molecule has 0 radical (unpaired) electrons. The van der Waals surface area contributed by atoms with E-state index in [9.17, 15) is 4.79 Å². The predicted molar refractivity (Wildman–Crippen MR) is 97.8 cm³/mol. The second-order valence-electron chi connectivity index (χ2n) is 6.64. The summed E-state index contributed by atoms with van der Waals surface area (Å²) >= 11 is 0. The average Bonchev–Trinajstić information content (AvgIpc) is 3.29. The first kappa shape index (κ1) is 15.9. The van der Waals surface area contributed by atoms with Crippen molar-refractivity contribution in [1.29, 1.82) is 0 Å². The summed E-state index contributed by atoms with van der Waals surface area (Å²) in [7, 11) is 0. The van der Waals surface area contributed by atoms with Crippen LogP contribution in [0.5, 0.6) is 0 Å². The normalized spacial score (nSPS) is 19.1. The fourth-order valence-corrected chi connectivity index (χ4v) is 3.35. The van der Waals surface area contributed by atoms with E-state index in [1.54, 1.807) is 6.26 Å². The maximum absolute atomic E-state index is 12.1. The van der Waals surface area contributed by atoms with Gasteiger partial charge in [-0.05, 0) is 59.9 Å². The molecule has 1 unspecified atom stereocenters. The van der Waals surface area contributed by atoms with Crippen molar-refractivity contribution in [1.82, 2.24) is 10.6 Å². The van der Waals surface area contributed by atoms with Crippen LogP contribution in [0.15, 0.2) is 64.8 Å². The van der Waals surface area contributed by atoms with Crippen molar-refractivity contribution >= 4 is 11.5 Å². The van der Waals surface area contributed by atoms with E-state index in [0.29, 0.717) is 6.54 Å². The van der Waals surface area contributed by atoms with Gasteiger partial charge in [-0.3, -0.25) is 4.79 Å². The molecule has 0 spiro atoms. The van der Waals surface area contributed by atoms with E-state index < -0.39 is 0 Å². The molecule has 4 heteroatoms. The molecule has 1 aliphatic heterocycles. The van der Waals surface area contributed by atoms with Gasteiger partial charge >= 0.3 is 0 Å². The molecular weight excluding hydrogens is 312 g/mol. The molecule has 1 amide bonds. The number of carbonyl (C=O) groups excluding carboxylic acids is 1. The Morgan fingerprint density at radius 2 is 2.16 bits per heavy atom. The minimum atomic E-state index is -0.0235. The summed E-state index contributed by atoms with van der Waals surface area (Å²) in [6.07, 6.45) is 8.94. The highest BCUT2D eigenvalue weighted by Gasteiger charge is 2.21. The van der Waals surface area contributed by atoms with Crippen LogP contribution in [0.25, 0.3) is 5.57 Å². The van der Waals surface area contributed by atoms with Crippen LogP contribution in [0.2, 0.25) is 0 Å². The molecule has 1 saturated heterocycles. The van der Waals surface area contributed by atoms with Crippen molar-refractivity contribution in [3.63, 3.8) is 0 Å². The molecule has 1 aromatic carbocycles. The molecular formula is C21H22N2O2. The van der Waals surface area contributed by atoms with E-state index in [2.05, 4.69) is 41.0 Å². The summed E-state index contributed by atoms with van der Waals surface area (Å²) in [6.45, 7) is 1.51. The quantitative estimate of drug-likeness (QED) is 0.853. The zero-order chi connectivity index (χ0) is 17.1. The second-order valence-corrected chi connectivity index (χ2v) is 6.64. The van der Waals surface area contributed by atoms with Crippen LogP contribution in [0.3, 0.4) is 0 Å². The van der Waals surface area contributed by atoms with Crippen molar-refractivity contribution in [3.05, 3.63) is 77.3 Å². The highest BCUT2D eigenvalue weighted by Crippen LogP contribution is 2.30. The maximum Gasteiger partial charge on any atom is 0.237 e. The average molecular weight is 334 g/mol. The lowest BCUT2D eigenvalue weighted by Gasteiger charge is -2.16. The van der Waals surface area contributed by atoms with Gasteiger partial charge in [0, 0.05) is 13.0 Å². The van der Waals surface area contributed by atoms with E-state index in [4.69, 9.17) is 4.42 Å². The first-order chi connectivity index (χ1) is 12.3. The van der Waals surface area contributed by atoms with Gasteiger partial charge in [-0.2, -0.15) is 0 Å². The van der Waals surface area contributed by atoms with Crippen LogP contribution in [0.1, 0.15) is 29.7 Å². The fourth-order valence-electron chi connectivity index (χ4n) is 3.35. The van der Waals surface area contributed by atoms with Gasteiger partial charge in [-0.15, -0.1) is 0 Å². The number of nitrogens with one attached hydrogen (secondary N) is 2. The molecule has 2 aromatic rings. The minimum absolute atomic E-state index is 0.0235. The predicted octanol–water partition coefficient (Wildman–Crippen LogP) is 3.21. The Balaban J connectivity index is 1.33. The number of benzene rings is 1. The van der Waals surface area contributed by atoms with Crippen molar-refractivity contribution in [2.24, 2.45) is 0 Å². The van der Waals surface area contributed by atoms with E-state index in [1.807, 2.05) is 18.2 Å². The molecule has 4 nitrogen and oxygen atoms in total. The number of furan rings is 1. The molecule has 25 heavy (non-hydrogen) atoms. The first-order valence-corrected chi connectivity index (χ1v) is 8.83. The number of carbonyl (C=O) groups is 1. The fraction of sp³-hybridized carbons (Fsp3) is 0.286. The zero-order valence-electron chi connectivity index (χ0n) is 14.1. The number of amides is 1. The van der Waals surface area contributed by atoms with Crippen LogP contribution < -0.4 is 10.6 Å². The molecule has 4 rings (SSSR count). The van der Waals surface area contributed by atoms with Gasteiger partial charge in [0.1, 0.15) is 5.76 Å². The molecule has 1 aliphatic carbocycles. The van der Waals surface area contributed by atoms with Gasteiger partial charge in [0.2, 0.25) is 5.91 Å². The number of allylic oxidation sites excluding steroid dienone is 4. The van der Waals surface area contributed by atoms with Gasteiger partial charge in [0.05, 0.1) is 12.3 Å². The third-order valence-electron chi connectivity index (χ3n) is 4.74. The Morgan fingerprint density at radius 3 is 2.92 bits per heavy atom. The summed E-state index contributed by atoms with van der Waals surface area (Å²) in [5.74, 6) is 1.09. The van der Waals surface area contributed by atoms with E-state index in [-0.39, 0.29) is 11.9 Å². The SMILES string of the molecule is O=C(NCc1cccc(C2=CC(Cc3ccco3)=C2)c1)C1CCCN1. The van der Waals surface area contributed by atoms with Crippen molar-refractivity contribution in [2.75, 3.05) is 6.54 Å². The maximum atomic E-state index is 12.1. The molecule has 0 saturated carbocycles. The molecule has 2 aliphatic rings. The van der Waals surface area contributed by atoms with Gasteiger partial charge in [0.25, 0.3) is 0 Å². The summed E-state index contributed by atoms with van der Waals surface area (Å²) in [6, 6.07) is 12.2. The monoisotopic (exact) mass is 334 g/mol. The lowest BCUT2D eigenvalue weighted by Crippen LogP contribution is -2.40. The van der Waals surface area contributed by atoms with E-state index >= 15 is 0 Å². The number of hydrogen-bond donors (Lipinski definition) is 2. The Kier molecular flexibility index (Phi) is 4.53. The van der Waals surface area contributed by atoms with Crippen LogP contribution in [0, 0.1) is 0 Å². The molecule has 1 fully saturated rings. The summed E-state index contributed by atoms with van der Waals surface area (Å²) in [5, 5.41) is 6.26. The second kappa shape index (κ2) is 7.11. The minimum Gasteiger partial charge on any atom is -0.469 e. The first-order valence-electron chi connectivity index (χ1n) is 8.83. The lowest BCUT2D eigenvalue weighted by molar-refractivity contribution is -0.122. The van der Waals surface area contributed by atoms with Crippen molar-refractivity contribution in [2.45, 2.75) is 31.8 Å². The number of rotatable bonds is 6. The standard InChI is InChI=1S/C21H22N2O2/c24-21(20-7-2-8-22-20)23-14-15-4-1-5-17(10-15)18-11-16(12-18)13-19-6-3-9-25-19/h1,3-6,9-12,20,22H,2,7-8,13-14H2,(H,23,24). The third-order valence-corrected chi connectivity index (χ3v) is 4.74. The lowest BCUT2D eigenvalue weighted by atomic mass is 9.90. The summed E-state index contributed by atoms with van der Waals surface area (Å²) < 4.78 is 5.38.